The largest absolute Gasteiger partial charge is 0.394 e. The highest BCUT2D eigenvalue weighted by Gasteiger charge is 2.23. The molecule has 2 nitrogen and oxygen atoms in total. The molecule has 96 valence electrons. The summed E-state index contributed by atoms with van der Waals surface area (Å²) in [6.07, 6.45) is 0.970. The lowest BCUT2D eigenvalue weighted by Crippen LogP contribution is -2.45. The maximum atomic E-state index is 9.35. The minimum absolute atomic E-state index is 0.164. The zero-order valence-corrected chi connectivity index (χ0v) is 11.8. The molecule has 0 radical (unpaired) electrons. The predicted molar refractivity (Wildman–Crippen MR) is 76.4 cm³/mol. The first-order valence-corrected chi connectivity index (χ1v) is 7.10. The molecule has 0 aliphatic rings. The Bertz CT molecular complexity index is 311. The summed E-state index contributed by atoms with van der Waals surface area (Å²) < 4.78 is 0. The van der Waals surface area contributed by atoms with Crippen molar-refractivity contribution in [3.8, 4) is 0 Å². The van der Waals surface area contributed by atoms with E-state index in [1.165, 1.54) is 5.56 Å². The molecule has 2 unspecified atom stereocenters. The van der Waals surface area contributed by atoms with Crippen LogP contribution in [0.2, 0.25) is 0 Å². The lowest BCUT2D eigenvalue weighted by molar-refractivity contribution is 0.174. The van der Waals surface area contributed by atoms with E-state index in [-0.39, 0.29) is 12.1 Å². The van der Waals surface area contributed by atoms with Gasteiger partial charge in [-0.3, -0.25) is 0 Å². The van der Waals surface area contributed by atoms with Crippen LogP contribution in [0.4, 0.5) is 0 Å². The zero-order valence-electron chi connectivity index (χ0n) is 10.9. The summed E-state index contributed by atoms with van der Waals surface area (Å²) in [6, 6.07) is 10.5. The molecular formula is C14H23NOS. The Morgan fingerprint density at radius 2 is 2.00 bits per heavy atom. The van der Waals surface area contributed by atoms with Crippen LogP contribution in [0.1, 0.15) is 25.8 Å². The van der Waals surface area contributed by atoms with Crippen LogP contribution in [-0.4, -0.2) is 29.5 Å². The Kier molecular flexibility index (Phi) is 6.03. The summed E-state index contributed by atoms with van der Waals surface area (Å²) in [5.41, 5.74) is 1.20. The third-order valence-corrected chi connectivity index (χ3v) is 4.30. The van der Waals surface area contributed by atoms with Crippen molar-refractivity contribution in [2.75, 3.05) is 13.7 Å². The minimum atomic E-state index is -0.164. The molecule has 0 bridgehead atoms. The number of aliphatic hydroxyl groups is 1. The molecule has 0 aliphatic carbocycles. The van der Waals surface area contributed by atoms with Gasteiger partial charge in [-0.25, -0.2) is 0 Å². The van der Waals surface area contributed by atoms with Crippen LogP contribution in [-0.2, 0) is 5.75 Å². The van der Waals surface area contributed by atoms with E-state index in [2.05, 4.69) is 43.4 Å². The fourth-order valence-corrected chi connectivity index (χ4v) is 2.91. The van der Waals surface area contributed by atoms with Crippen molar-refractivity contribution >= 4 is 11.8 Å². The molecule has 0 fully saturated rings. The van der Waals surface area contributed by atoms with E-state index >= 15 is 0 Å². The van der Waals surface area contributed by atoms with E-state index < -0.39 is 0 Å². The maximum absolute atomic E-state index is 9.35. The van der Waals surface area contributed by atoms with Crippen LogP contribution in [0.3, 0.4) is 0 Å². The Morgan fingerprint density at radius 1 is 1.35 bits per heavy atom. The number of thioether (sulfide) groups is 1. The Hall–Kier alpha value is -0.510. The molecule has 0 saturated heterocycles. The number of hydrogen-bond acceptors (Lipinski definition) is 3. The Labute approximate surface area is 109 Å². The monoisotopic (exact) mass is 253 g/mol. The second-order valence-electron chi connectivity index (χ2n) is 4.78. The van der Waals surface area contributed by atoms with Crippen LogP contribution in [0.5, 0.6) is 0 Å². The van der Waals surface area contributed by atoms with Gasteiger partial charge in [0.25, 0.3) is 0 Å². The molecular weight excluding hydrogens is 230 g/mol. The van der Waals surface area contributed by atoms with Gasteiger partial charge in [-0.2, -0.15) is 11.8 Å². The summed E-state index contributed by atoms with van der Waals surface area (Å²) in [7, 11) is 1.91. The molecule has 2 atom stereocenters. The van der Waals surface area contributed by atoms with Crippen LogP contribution in [0.15, 0.2) is 30.3 Å². The van der Waals surface area contributed by atoms with E-state index in [9.17, 15) is 5.11 Å². The topological polar surface area (TPSA) is 32.3 Å². The molecule has 0 heterocycles. The summed E-state index contributed by atoms with van der Waals surface area (Å²) >= 11 is 1.94. The lowest BCUT2D eigenvalue weighted by atomic mass is 9.97. The molecule has 1 aromatic carbocycles. The fraction of sp³-hybridized carbons (Fsp3) is 0.571. The Balaban J connectivity index is 2.37. The van der Waals surface area contributed by atoms with E-state index in [1.807, 2.05) is 24.9 Å². The van der Waals surface area contributed by atoms with Crippen molar-refractivity contribution < 1.29 is 5.11 Å². The zero-order chi connectivity index (χ0) is 12.7. The summed E-state index contributed by atoms with van der Waals surface area (Å²) in [5, 5.41) is 13.1. The average Bonchev–Trinajstić information content (AvgIpc) is 2.37. The van der Waals surface area contributed by atoms with Crippen LogP contribution >= 0.6 is 11.8 Å². The molecule has 0 saturated carbocycles. The normalized spacial score (nSPS) is 16.5. The molecule has 1 rings (SSSR count). The first-order valence-electron chi connectivity index (χ1n) is 6.05. The van der Waals surface area contributed by atoms with Crippen molar-refractivity contribution in [1.82, 2.24) is 5.32 Å². The number of aliphatic hydroxyl groups excluding tert-OH is 1. The van der Waals surface area contributed by atoms with Crippen molar-refractivity contribution in [3.63, 3.8) is 0 Å². The predicted octanol–water partition coefficient (Wildman–Crippen LogP) is 2.67. The Morgan fingerprint density at radius 3 is 2.53 bits per heavy atom. The van der Waals surface area contributed by atoms with E-state index in [4.69, 9.17) is 0 Å². The number of likely N-dealkylation sites (N-methyl/N-ethyl adjacent to an activating group) is 1. The average molecular weight is 253 g/mol. The SMILES string of the molecule is CNC(C)(CO)CC(C)SCc1ccccc1. The number of nitrogens with one attached hydrogen (secondary N) is 1. The number of rotatable bonds is 7. The molecule has 3 heteroatoms. The molecule has 0 amide bonds. The second-order valence-corrected chi connectivity index (χ2v) is 6.21. The van der Waals surface area contributed by atoms with E-state index in [1.54, 1.807) is 0 Å². The quantitative estimate of drug-likeness (QED) is 0.783. The van der Waals surface area contributed by atoms with Gasteiger partial charge < -0.3 is 10.4 Å². The van der Waals surface area contributed by atoms with E-state index in [0.717, 1.165) is 12.2 Å². The van der Waals surface area contributed by atoms with Gasteiger partial charge in [0.2, 0.25) is 0 Å². The molecule has 2 N–H and O–H groups in total. The van der Waals surface area contributed by atoms with Crippen molar-refractivity contribution in [2.24, 2.45) is 0 Å². The molecule has 0 spiro atoms. The second kappa shape index (κ2) is 7.04. The first-order chi connectivity index (χ1) is 8.09. The standard InChI is InChI=1S/C14H23NOS/c1-12(9-14(2,11-16)15-3)17-10-13-7-5-4-6-8-13/h4-8,12,15-16H,9-11H2,1-3H3. The molecule has 0 aliphatic heterocycles. The number of hydrogen-bond donors (Lipinski definition) is 2. The lowest BCUT2D eigenvalue weighted by Gasteiger charge is -2.29. The highest BCUT2D eigenvalue weighted by atomic mass is 32.2. The smallest absolute Gasteiger partial charge is 0.0610 e. The molecule has 17 heavy (non-hydrogen) atoms. The summed E-state index contributed by atoms with van der Waals surface area (Å²) in [6.45, 7) is 4.46. The van der Waals surface area contributed by atoms with Gasteiger partial charge in [0, 0.05) is 16.5 Å². The third kappa shape index (κ3) is 5.11. The highest BCUT2D eigenvalue weighted by Crippen LogP contribution is 2.24. The van der Waals surface area contributed by atoms with Crippen LogP contribution in [0, 0.1) is 0 Å². The van der Waals surface area contributed by atoms with Gasteiger partial charge in [0.1, 0.15) is 0 Å². The summed E-state index contributed by atoms with van der Waals surface area (Å²) in [4.78, 5) is 0. The highest BCUT2D eigenvalue weighted by molar-refractivity contribution is 7.99. The fourth-order valence-electron chi connectivity index (χ4n) is 1.75. The third-order valence-electron chi connectivity index (χ3n) is 3.07. The first kappa shape index (κ1) is 14.6. The maximum Gasteiger partial charge on any atom is 0.0610 e. The van der Waals surface area contributed by atoms with Gasteiger partial charge in [-0.1, -0.05) is 37.3 Å². The van der Waals surface area contributed by atoms with Gasteiger partial charge in [0.05, 0.1) is 6.61 Å². The van der Waals surface area contributed by atoms with Crippen LogP contribution < -0.4 is 5.32 Å². The van der Waals surface area contributed by atoms with Crippen molar-refractivity contribution in [1.29, 1.82) is 0 Å². The van der Waals surface area contributed by atoms with Gasteiger partial charge in [0.15, 0.2) is 0 Å². The van der Waals surface area contributed by atoms with Gasteiger partial charge in [-0.15, -0.1) is 0 Å². The van der Waals surface area contributed by atoms with Gasteiger partial charge >= 0.3 is 0 Å². The number of benzene rings is 1. The van der Waals surface area contributed by atoms with Crippen LogP contribution in [0.25, 0.3) is 0 Å². The molecule has 0 aromatic heterocycles. The van der Waals surface area contributed by atoms with Gasteiger partial charge in [-0.05, 0) is 26.0 Å². The van der Waals surface area contributed by atoms with Crippen molar-refractivity contribution in [2.45, 2.75) is 36.8 Å². The minimum Gasteiger partial charge on any atom is -0.394 e. The van der Waals surface area contributed by atoms with Crippen molar-refractivity contribution in [3.05, 3.63) is 35.9 Å². The molecule has 1 aromatic rings. The summed E-state index contributed by atoms with van der Waals surface area (Å²) in [5.74, 6) is 1.03. The van der Waals surface area contributed by atoms with E-state index in [0.29, 0.717) is 5.25 Å².